The molecule has 1 saturated heterocycles. The van der Waals surface area contributed by atoms with Crippen molar-refractivity contribution < 1.29 is 13.2 Å². The average Bonchev–Trinajstić information content (AvgIpc) is 2.53. The lowest BCUT2D eigenvalue weighted by Crippen LogP contribution is -2.52. The molecule has 0 aliphatic carbocycles. The second kappa shape index (κ2) is 7.45. The van der Waals surface area contributed by atoms with Crippen molar-refractivity contribution in [3.05, 3.63) is 30.3 Å². The van der Waals surface area contributed by atoms with Crippen molar-refractivity contribution in [1.82, 2.24) is 9.62 Å². The van der Waals surface area contributed by atoms with Gasteiger partial charge in [-0.05, 0) is 36.8 Å². The third-order valence-corrected chi connectivity index (χ3v) is 5.82. The molecule has 1 aliphatic heterocycles. The number of benzene rings is 1. The van der Waals surface area contributed by atoms with Crippen molar-refractivity contribution in [2.75, 3.05) is 13.1 Å². The summed E-state index contributed by atoms with van der Waals surface area (Å²) in [5.41, 5.74) is 0. The van der Waals surface area contributed by atoms with Crippen LogP contribution in [0.2, 0.25) is 0 Å². The summed E-state index contributed by atoms with van der Waals surface area (Å²) >= 11 is 0. The maximum absolute atomic E-state index is 12.8. The summed E-state index contributed by atoms with van der Waals surface area (Å²) < 4.78 is 27.6. The number of sulfonamides is 1. The minimum Gasteiger partial charge on any atom is -0.341 e. The van der Waals surface area contributed by atoms with Gasteiger partial charge in [0.2, 0.25) is 15.9 Å². The first-order valence-corrected chi connectivity index (χ1v) is 9.65. The largest absolute Gasteiger partial charge is 0.341 e. The summed E-state index contributed by atoms with van der Waals surface area (Å²) in [6, 6.07) is 7.45. The zero-order chi connectivity index (χ0) is 17.0. The Labute approximate surface area is 139 Å². The quantitative estimate of drug-likeness (QED) is 0.895. The number of carbonyl (C=O) groups excluding carboxylic acids is 1. The molecule has 1 aromatic carbocycles. The molecule has 128 valence electrons. The van der Waals surface area contributed by atoms with Crippen molar-refractivity contribution >= 4 is 15.9 Å². The number of nitrogens with one attached hydrogen (secondary N) is 1. The Bertz CT molecular complexity index is 620. The number of amides is 1. The van der Waals surface area contributed by atoms with Crippen molar-refractivity contribution in [2.24, 2.45) is 11.8 Å². The van der Waals surface area contributed by atoms with Crippen molar-refractivity contribution in [3.8, 4) is 0 Å². The van der Waals surface area contributed by atoms with Crippen LogP contribution in [0.3, 0.4) is 0 Å². The molecule has 0 spiro atoms. The van der Waals surface area contributed by atoms with Gasteiger partial charge in [0, 0.05) is 13.1 Å². The number of nitrogens with zero attached hydrogens (tertiary/aromatic N) is 1. The SMILES string of the molecule is CC1CCN(C(=O)[C@@H](NS(=O)(=O)c2ccccc2)C(C)C)CC1. The predicted octanol–water partition coefficient (Wildman–Crippen LogP) is 2.25. The fourth-order valence-corrected chi connectivity index (χ4v) is 4.09. The van der Waals surface area contributed by atoms with Crippen LogP contribution in [0, 0.1) is 11.8 Å². The highest BCUT2D eigenvalue weighted by atomic mass is 32.2. The van der Waals surface area contributed by atoms with Crippen LogP contribution in [0.25, 0.3) is 0 Å². The molecule has 1 aromatic rings. The second-order valence-corrected chi connectivity index (χ2v) is 8.38. The van der Waals surface area contributed by atoms with Gasteiger partial charge in [-0.1, -0.05) is 39.0 Å². The van der Waals surface area contributed by atoms with Gasteiger partial charge < -0.3 is 4.90 Å². The van der Waals surface area contributed by atoms with Crippen LogP contribution < -0.4 is 4.72 Å². The molecule has 0 radical (unpaired) electrons. The van der Waals surface area contributed by atoms with Gasteiger partial charge in [-0.3, -0.25) is 4.79 Å². The van der Waals surface area contributed by atoms with Crippen LogP contribution in [0.4, 0.5) is 0 Å². The summed E-state index contributed by atoms with van der Waals surface area (Å²) in [6.07, 6.45) is 1.95. The topological polar surface area (TPSA) is 66.5 Å². The Hall–Kier alpha value is -1.40. The summed E-state index contributed by atoms with van der Waals surface area (Å²) in [7, 11) is -3.70. The van der Waals surface area contributed by atoms with E-state index in [0.29, 0.717) is 19.0 Å². The van der Waals surface area contributed by atoms with Gasteiger partial charge in [-0.2, -0.15) is 4.72 Å². The molecule has 0 saturated carbocycles. The molecule has 1 N–H and O–H groups in total. The minimum absolute atomic E-state index is 0.111. The van der Waals surface area contributed by atoms with Crippen molar-refractivity contribution in [3.63, 3.8) is 0 Å². The Balaban J connectivity index is 2.14. The molecule has 1 amide bonds. The van der Waals surface area contributed by atoms with Gasteiger partial charge in [-0.15, -0.1) is 0 Å². The molecule has 23 heavy (non-hydrogen) atoms. The van der Waals surface area contributed by atoms with Crippen LogP contribution in [0.15, 0.2) is 35.2 Å². The summed E-state index contributed by atoms with van der Waals surface area (Å²) in [6.45, 7) is 7.32. The molecular weight excluding hydrogens is 312 g/mol. The van der Waals surface area contributed by atoms with Gasteiger partial charge >= 0.3 is 0 Å². The third-order valence-electron chi connectivity index (χ3n) is 4.36. The van der Waals surface area contributed by atoms with E-state index < -0.39 is 16.1 Å². The fraction of sp³-hybridized carbons (Fsp3) is 0.588. The van der Waals surface area contributed by atoms with Crippen LogP contribution in [-0.4, -0.2) is 38.4 Å². The molecule has 1 aliphatic rings. The Kier molecular flexibility index (Phi) is 5.81. The van der Waals surface area contributed by atoms with E-state index in [0.717, 1.165) is 12.8 Å². The van der Waals surface area contributed by atoms with E-state index >= 15 is 0 Å². The molecule has 0 unspecified atom stereocenters. The summed E-state index contributed by atoms with van der Waals surface area (Å²) in [4.78, 5) is 14.7. The summed E-state index contributed by atoms with van der Waals surface area (Å²) in [5.74, 6) is 0.393. The highest BCUT2D eigenvalue weighted by Gasteiger charge is 2.32. The molecule has 0 bridgehead atoms. The molecule has 5 nitrogen and oxygen atoms in total. The highest BCUT2D eigenvalue weighted by Crippen LogP contribution is 2.19. The number of hydrogen-bond acceptors (Lipinski definition) is 3. The zero-order valence-electron chi connectivity index (χ0n) is 14.0. The number of hydrogen-bond donors (Lipinski definition) is 1. The first kappa shape index (κ1) is 17.9. The van der Waals surface area contributed by atoms with Crippen LogP contribution in [-0.2, 0) is 14.8 Å². The van der Waals surface area contributed by atoms with Gasteiger partial charge in [0.15, 0.2) is 0 Å². The lowest BCUT2D eigenvalue weighted by atomic mass is 9.97. The fourth-order valence-electron chi connectivity index (χ4n) is 2.73. The average molecular weight is 338 g/mol. The first-order valence-electron chi connectivity index (χ1n) is 8.17. The normalized spacial score (nSPS) is 18.2. The highest BCUT2D eigenvalue weighted by molar-refractivity contribution is 7.89. The van der Waals surface area contributed by atoms with Gasteiger partial charge in [0.1, 0.15) is 6.04 Å². The lowest BCUT2D eigenvalue weighted by molar-refractivity contribution is -0.135. The Morgan fingerprint density at radius 1 is 1.17 bits per heavy atom. The van der Waals surface area contributed by atoms with Crippen molar-refractivity contribution in [2.45, 2.75) is 44.6 Å². The van der Waals surface area contributed by atoms with Crippen LogP contribution in [0.1, 0.15) is 33.6 Å². The first-order chi connectivity index (χ1) is 10.8. The van der Waals surface area contributed by atoms with Gasteiger partial charge in [-0.25, -0.2) is 8.42 Å². The molecule has 0 aromatic heterocycles. The molecule has 6 heteroatoms. The van der Waals surface area contributed by atoms with E-state index in [-0.39, 0.29) is 16.7 Å². The van der Waals surface area contributed by atoms with Crippen molar-refractivity contribution in [1.29, 1.82) is 0 Å². The lowest BCUT2D eigenvalue weighted by Gasteiger charge is -2.34. The minimum atomic E-state index is -3.70. The molecule has 1 heterocycles. The second-order valence-electron chi connectivity index (χ2n) is 6.66. The Morgan fingerprint density at radius 2 is 1.74 bits per heavy atom. The van der Waals surface area contributed by atoms with E-state index in [1.807, 2.05) is 13.8 Å². The number of likely N-dealkylation sites (tertiary alicyclic amines) is 1. The van der Waals surface area contributed by atoms with E-state index in [1.165, 1.54) is 12.1 Å². The van der Waals surface area contributed by atoms with E-state index in [2.05, 4.69) is 11.6 Å². The number of rotatable bonds is 5. The molecule has 2 rings (SSSR count). The smallest absolute Gasteiger partial charge is 0.241 e. The van der Waals surface area contributed by atoms with E-state index in [9.17, 15) is 13.2 Å². The van der Waals surface area contributed by atoms with Crippen LogP contribution >= 0.6 is 0 Å². The Morgan fingerprint density at radius 3 is 2.26 bits per heavy atom. The molecule has 1 atom stereocenters. The maximum atomic E-state index is 12.8. The number of piperidine rings is 1. The maximum Gasteiger partial charge on any atom is 0.241 e. The standard InChI is InChI=1S/C17H26N2O3S/c1-13(2)16(17(20)19-11-9-14(3)10-12-19)18-23(21,22)15-7-5-4-6-8-15/h4-8,13-14,16,18H,9-12H2,1-3H3/t16-/m0/s1. The zero-order valence-corrected chi connectivity index (χ0v) is 14.8. The third kappa shape index (κ3) is 4.54. The monoisotopic (exact) mass is 338 g/mol. The van der Waals surface area contributed by atoms with Gasteiger partial charge in [0.05, 0.1) is 4.90 Å². The van der Waals surface area contributed by atoms with Gasteiger partial charge in [0.25, 0.3) is 0 Å². The predicted molar refractivity (Wildman–Crippen MR) is 90.4 cm³/mol. The van der Waals surface area contributed by atoms with Crippen LogP contribution in [0.5, 0.6) is 0 Å². The molecular formula is C17H26N2O3S. The van der Waals surface area contributed by atoms with E-state index in [4.69, 9.17) is 0 Å². The molecule has 1 fully saturated rings. The number of carbonyl (C=O) groups is 1. The summed E-state index contributed by atoms with van der Waals surface area (Å²) in [5, 5.41) is 0. The van der Waals surface area contributed by atoms with E-state index in [1.54, 1.807) is 23.1 Å².